The SMILES string of the molecule is C[C@@H](O)C[C@@]1(O)C(=O)Nc2ccccc21. The lowest BCUT2D eigenvalue weighted by molar-refractivity contribution is -0.136. The van der Waals surface area contributed by atoms with Gasteiger partial charge in [-0.15, -0.1) is 0 Å². The second-order valence-electron chi connectivity index (χ2n) is 3.91. The van der Waals surface area contributed by atoms with Crippen LogP contribution in [0.15, 0.2) is 24.3 Å². The largest absolute Gasteiger partial charge is 0.393 e. The molecule has 0 aromatic heterocycles. The Hall–Kier alpha value is -1.39. The molecule has 1 aliphatic rings. The van der Waals surface area contributed by atoms with Crippen molar-refractivity contribution in [1.82, 2.24) is 0 Å². The van der Waals surface area contributed by atoms with Gasteiger partial charge in [-0.25, -0.2) is 0 Å². The maximum Gasteiger partial charge on any atom is 0.261 e. The highest BCUT2D eigenvalue weighted by atomic mass is 16.3. The minimum Gasteiger partial charge on any atom is -0.393 e. The highest BCUT2D eigenvalue weighted by Crippen LogP contribution is 2.38. The molecule has 15 heavy (non-hydrogen) atoms. The van der Waals surface area contributed by atoms with Crippen LogP contribution in [0.4, 0.5) is 5.69 Å². The molecule has 4 nitrogen and oxygen atoms in total. The molecule has 1 aromatic rings. The van der Waals surface area contributed by atoms with Gasteiger partial charge in [-0.1, -0.05) is 18.2 Å². The number of rotatable bonds is 2. The van der Waals surface area contributed by atoms with Crippen LogP contribution in [0.3, 0.4) is 0 Å². The molecule has 1 aromatic carbocycles. The third-order valence-electron chi connectivity index (χ3n) is 2.59. The van der Waals surface area contributed by atoms with Crippen LogP contribution in [0.5, 0.6) is 0 Å². The first-order valence-electron chi connectivity index (χ1n) is 4.85. The summed E-state index contributed by atoms with van der Waals surface area (Å²) in [4.78, 5) is 11.6. The van der Waals surface area contributed by atoms with Crippen molar-refractivity contribution in [3.8, 4) is 0 Å². The average Bonchev–Trinajstić information content (AvgIpc) is 2.39. The molecule has 0 saturated heterocycles. The van der Waals surface area contributed by atoms with Crippen LogP contribution in [0, 0.1) is 0 Å². The van der Waals surface area contributed by atoms with Crippen LogP contribution < -0.4 is 5.32 Å². The first kappa shape index (κ1) is 10.1. The minimum atomic E-state index is -1.59. The lowest BCUT2D eigenvalue weighted by Gasteiger charge is -2.22. The lowest BCUT2D eigenvalue weighted by atomic mass is 9.90. The maximum absolute atomic E-state index is 11.6. The van der Waals surface area contributed by atoms with E-state index in [1.54, 1.807) is 31.2 Å². The van der Waals surface area contributed by atoms with E-state index in [2.05, 4.69) is 5.32 Å². The van der Waals surface area contributed by atoms with Crippen LogP contribution >= 0.6 is 0 Å². The third-order valence-corrected chi connectivity index (χ3v) is 2.59. The summed E-state index contributed by atoms with van der Waals surface area (Å²) in [6, 6.07) is 6.96. The van der Waals surface area contributed by atoms with Crippen LogP contribution in [-0.4, -0.2) is 22.2 Å². The molecule has 0 unspecified atom stereocenters. The van der Waals surface area contributed by atoms with Gasteiger partial charge in [-0.05, 0) is 13.0 Å². The molecule has 1 aliphatic heterocycles. The van der Waals surface area contributed by atoms with Crippen molar-refractivity contribution in [1.29, 1.82) is 0 Å². The molecule has 3 N–H and O–H groups in total. The smallest absolute Gasteiger partial charge is 0.261 e. The number of hydrogen-bond acceptors (Lipinski definition) is 3. The van der Waals surface area contributed by atoms with E-state index in [4.69, 9.17) is 0 Å². The second kappa shape index (κ2) is 3.32. The summed E-state index contributed by atoms with van der Waals surface area (Å²) in [6.07, 6.45) is -0.720. The molecule has 0 saturated carbocycles. The minimum absolute atomic E-state index is 0.00977. The predicted octanol–water partition coefficient (Wildman–Crippen LogP) is 0.597. The van der Waals surface area contributed by atoms with Gasteiger partial charge in [0.1, 0.15) is 0 Å². The molecular weight excluding hydrogens is 194 g/mol. The van der Waals surface area contributed by atoms with Gasteiger partial charge in [0.2, 0.25) is 0 Å². The number of benzene rings is 1. The van der Waals surface area contributed by atoms with Crippen molar-refractivity contribution in [2.45, 2.75) is 25.0 Å². The van der Waals surface area contributed by atoms with E-state index in [0.717, 1.165) is 0 Å². The topological polar surface area (TPSA) is 69.6 Å². The van der Waals surface area contributed by atoms with Crippen LogP contribution in [0.2, 0.25) is 0 Å². The molecule has 2 atom stereocenters. The summed E-state index contributed by atoms with van der Waals surface area (Å²) < 4.78 is 0. The van der Waals surface area contributed by atoms with Crippen LogP contribution in [0.1, 0.15) is 18.9 Å². The van der Waals surface area contributed by atoms with Crippen LogP contribution in [-0.2, 0) is 10.4 Å². The molecule has 2 rings (SSSR count). The standard InChI is InChI=1S/C11H13NO3/c1-7(13)6-11(15)8-4-2-3-5-9(8)12-10(11)14/h2-5,7,13,15H,6H2,1H3,(H,12,14)/t7-,11+/m1/s1. The van der Waals surface area contributed by atoms with E-state index in [0.29, 0.717) is 11.3 Å². The fraction of sp³-hybridized carbons (Fsp3) is 0.364. The van der Waals surface area contributed by atoms with E-state index in [-0.39, 0.29) is 6.42 Å². The lowest BCUT2D eigenvalue weighted by Crippen LogP contribution is -2.37. The Kier molecular flexibility index (Phi) is 2.25. The van der Waals surface area contributed by atoms with Gasteiger partial charge in [-0.3, -0.25) is 4.79 Å². The average molecular weight is 207 g/mol. The number of fused-ring (bicyclic) bond motifs is 1. The van der Waals surface area contributed by atoms with Gasteiger partial charge in [0.25, 0.3) is 5.91 Å². The fourth-order valence-electron chi connectivity index (χ4n) is 1.93. The Bertz CT molecular complexity index is 403. The van der Waals surface area contributed by atoms with Crippen molar-refractivity contribution >= 4 is 11.6 Å². The van der Waals surface area contributed by atoms with Crippen molar-refractivity contribution in [3.05, 3.63) is 29.8 Å². The monoisotopic (exact) mass is 207 g/mol. The van der Waals surface area contributed by atoms with Crippen molar-refractivity contribution in [2.24, 2.45) is 0 Å². The zero-order valence-electron chi connectivity index (χ0n) is 8.40. The number of carbonyl (C=O) groups excluding carboxylic acids is 1. The number of para-hydroxylation sites is 1. The molecule has 4 heteroatoms. The third kappa shape index (κ3) is 1.52. The first-order valence-corrected chi connectivity index (χ1v) is 4.85. The Labute approximate surface area is 87.6 Å². The number of hydrogen-bond donors (Lipinski definition) is 3. The van der Waals surface area contributed by atoms with E-state index in [9.17, 15) is 15.0 Å². The Morgan fingerprint density at radius 2 is 2.13 bits per heavy atom. The van der Waals surface area contributed by atoms with Crippen LogP contribution in [0.25, 0.3) is 0 Å². The van der Waals surface area contributed by atoms with Crippen molar-refractivity contribution in [2.75, 3.05) is 5.32 Å². The van der Waals surface area contributed by atoms with Gasteiger partial charge in [-0.2, -0.15) is 0 Å². The summed E-state index contributed by atoms with van der Waals surface area (Å²) in [5.74, 6) is -0.468. The number of amides is 1. The van der Waals surface area contributed by atoms with Crippen molar-refractivity contribution in [3.63, 3.8) is 0 Å². The molecule has 0 bridgehead atoms. The van der Waals surface area contributed by atoms with Gasteiger partial charge in [0.15, 0.2) is 5.60 Å². The van der Waals surface area contributed by atoms with E-state index >= 15 is 0 Å². The molecule has 0 fully saturated rings. The molecule has 1 heterocycles. The summed E-state index contributed by atoms with van der Waals surface area (Å²) in [6.45, 7) is 1.55. The molecule has 0 spiro atoms. The Balaban J connectivity index is 2.44. The number of anilines is 1. The highest BCUT2D eigenvalue weighted by Gasteiger charge is 2.45. The van der Waals surface area contributed by atoms with E-state index < -0.39 is 17.6 Å². The molecule has 0 radical (unpaired) electrons. The summed E-state index contributed by atoms with van der Waals surface area (Å²) in [7, 11) is 0. The Morgan fingerprint density at radius 1 is 1.47 bits per heavy atom. The van der Waals surface area contributed by atoms with E-state index in [1.807, 2.05) is 0 Å². The molecular formula is C11H13NO3. The maximum atomic E-state index is 11.6. The number of nitrogens with one attached hydrogen (secondary N) is 1. The molecule has 80 valence electrons. The number of carbonyl (C=O) groups is 1. The quantitative estimate of drug-likeness (QED) is 0.665. The Morgan fingerprint density at radius 3 is 2.80 bits per heavy atom. The molecule has 0 aliphatic carbocycles. The van der Waals surface area contributed by atoms with Gasteiger partial charge in [0, 0.05) is 17.7 Å². The number of aliphatic hydroxyl groups excluding tert-OH is 1. The molecule has 1 amide bonds. The normalized spacial score (nSPS) is 25.9. The predicted molar refractivity (Wildman–Crippen MR) is 55.3 cm³/mol. The van der Waals surface area contributed by atoms with Gasteiger partial charge >= 0.3 is 0 Å². The highest BCUT2D eigenvalue weighted by molar-refractivity contribution is 6.04. The van der Waals surface area contributed by atoms with Gasteiger partial charge in [0.05, 0.1) is 6.10 Å². The second-order valence-corrected chi connectivity index (χ2v) is 3.91. The van der Waals surface area contributed by atoms with Gasteiger partial charge < -0.3 is 15.5 Å². The summed E-state index contributed by atoms with van der Waals surface area (Å²) in [5.41, 5.74) is -0.438. The van der Waals surface area contributed by atoms with Crippen molar-refractivity contribution < 1.29 is 15.0 Å². The fourth-order valence-corrected chi connectivity index (χ4v) is 1.93. The zero-order valence-corrected chi connectivity index (χ0v) is 8.40. The summed E-state index contributed by atoms with van der Waals surface area (Å²) in [5, 5.41) is 22.1. The zero-order chi connectivity index (χ0) is 11.1. The number of aliphatic hydroxyl groups is 2. The summed E-state index contributed by atoms with van der Waals surface area (Å²) >= 11 is 0. The first-order chi connectivity index (χ1) is 7.04. The van der Waals surface area contributed by atoms with E-state index in [1.165, 1.54) is 0 Å².